The molecule has 34 heavy (non-hydrogen) atoms. The fourth-order valence-electron chi connectivity index (χ4n) is 2.94. The molecule has 3 N–H and O–H groups in total. The molecule has 0 fully saturated rings. The van der Waals surface area contributed by atoms with Crippen LogP contribution in [0.2, 0.25) is 5.02 Å². The predicted molar refractivity (Wildman–Crippen MR) is 123 cm³/mol. The molecule has 0 saturated carbocycles. The minimum Gasteiger partial charge on any atom is -0.444 e. The number of hydrogen-bond donors (Lipinski definition) is 3. The molecule has 1 atom stereocenters. The molecule has 3 amide bonds. The number of nitrogens with zero attached hydrogens (tertiary/aromatic N) is 4. The highest BCUT2D eigenvalue weighted by atomic mass is 35.5. The van der Waals surface area contributed by atoms with Crippen molar-refractivity contribution in [1.29, 1.82) is 0 Å². The summed E-state index contributed by atoms with van der Waals surface area (Å²) in [6.07, 6.45) is 0.736. The van der Waals surface area contributed by atoms with Gasteiger partial charge in [-0.15, -0.1) is 5.10 Å². The number of tetrazole rings is 1. The molecule has 2 aromatic carbocycles. The van der Waals surface area contributed by atoms with Crippen molar-refractivity contribution in [3.05, 3.63) is 71.0 Å². The third-order valence-corrected chi connectivity index (χ3v) is 4.62. The van der Waals surface area contributed by atoms with Crippen molar-refractivity contribution in [2.24, 2.45) is 0 Å². The van der Waals surface area contributed by atoms with E-state index in [4.69, 9.17) is 16.3 Å². The summed E-state index contributed by atoms with van der Waals surface area (Å²) in [6, 6.07) is 12.7. The van der Waals surface area contributed by atoms with Crippen LogP contribution in [0.1, 0.15) is 36.7 Å². The van der Waals surface area contributed by atoms with Gasteiger partial charge in [0.2, 0.25) is 0 Å². The lowest BCUT2D eigenvalue weighted by Gasteiger charge is -2.23. The van der Waals surface area contributed by atoms with Crippen molar-refractivity contribution in [2.45, 2.75) is 38.8 Å². The maximum absolute atomic E-state index is 12.9. The van der Waals surface area contributed by atoms with Crippen LogP contribution in [0.25, 0.3) is 5.69 Å². The van der Waals surface area contributed by atoms with Crippen molar-refractivity contribution in [2.75, 3.05) is 0 Å². The summed E-state index contributed by atoms with van der Waals surface area (Å²) < 4.78 is 6.55. The summed E-state index contributed by atoms with van der Waals surface area (Å²) in [5.41, 5.74) is 5.24. The number of rotatable bonds is 6. The Hall–Kier alpha value is -3.99. The average Bonchev–Trinajstić information content (AvgIpc) is 3.31. The van der Waals surface area contributed by atoms with Crippen molar-refractivity contribution >= 4 is 29.5 Å². The zero-order valence-corrected chi connectivity index (χ0v) is 19.5. The monoisotopic (exact) mass is 485 g/mol. The van der Waals surface area contributed by atoms with Gasteiger partial charge < -0.3 is 10.1 Å². The Morgan fingerprint density at radius 3 is 2.47 bits per heavy atom. The van der Waals surface area contributed by atoms with Crippen LogP contribution < -0.4 is 16.2 Å². The highest BCUT2D eigenvalue weighted by Crippen LogP contribution is 2.18. The first-order valence-electron chi connectivity index (χ1n) is 10.3. The number of carbonyl (C=O) groups excluding carboxylic acids is 3. The number of nitrogens with one attached hydrogen (secondary N) is 3. The van der Waals surface area contributed by atoms with E-state index < -0.39 is 29.6 Å². The maximum Gasteiger partial charge on any atom is 0.408 e. The van der Waals surface area contributed by atoms with E-state index in [9.17, 15) is 14.4 Å². The summed E-state index contributed by atoms with van der Waals surface area (Å²) in [6.45, 7) is 5.14. The van der Waals surface area contributed by atoms with Crippen LogP contribution in [0, 0.1) is 0 Å². The Bertz CT molecular complexity index is 1150. The molecule has 0 radical (unpaired) electrons. The van der Waals surface area contributed by atoms with Gasteiger partial charge in [-0.2, -0.15) is 4.68 Å². The third-order valence-electron chi connectivity index (χ3n) is 4.39. The zero-order valence-electron chi connectivity index (χ0n) is 18.8. The lowest BCUT2D eigenvalue weighted by atomic mass is 10.1. The fourth-order valence-corrected chi connectivity index (χ4v) is 3.12. The van der Waals surface area contributed by atoms with E-state index in [1.807, 2.05) is 30.3 Å². The second kappa shape index (κ2) is 10.8. The minimum absolute atomic E-state index is 0.125. The van der Waals surface area contributed by atoms with Crippen LogP contribution in [0.15, 0.2) is 54.9 Å². The number of aromatic nitrogens is 4. The average molecular weight is 486 g/mol. The summed E-state index contributed by atoms with van der Waals surface area (Å²) in [5.74, 6) is -1.30. The largest absolute Gasteiger partial charge is 0.444 e. The van der Waals surface area contributed by atoms with Crippen LogP contribution in [0.4, 0.5) is 4.79 Å². The number of halogens is 1. The van der Waals surface area contributed by atoms with Gasteiger partial charge in [0.1, 0.15) is 18.0 Å². The van der Waals surface area contributed by atoms with Gasteiger partial charge in [-0.1, -0.05) is 41.9 Å². The van der Waals surface area contributed by atoms with Gasteiger partial charge in [-0.25, -0.2) is 4.79 Å². The van der Waals surface area contributed by atoms with Gasteiger partial charge >= 0.3 is 6.09 Å². The van der Waals surface area contributed by atoms with E-state index in [-0.39, 0.29) is 12.0 Å². The molecule has 11 nitrogen and oxygen atoms in total. The smallest absolute Gasteiger partial charge is 0.408 e. The molecule has 3 aromatic rings. The number of carbonyl (C=O) groups is 3. The number of alkyl carbamates (subject to hydrolysis) is 1. The Kier molecular flexibility index (Phi) is 7.79. The molecule has 0 saturated heterocycles. The quantitative estimate of drug-likeness (QED) is 0.454. The van der Waals surface area contributed by atoms with Crippen molar-refractivity contribution in [3.63, 3.8) is 0 Å². The minimum atomic E-state index is -1.02. The molecule has 0 bridgehead atoms. The van der Waals surface area contributed by atoms with Crippen molar-refractivity contribution in [1.82, 2.24) is 36.4 Å². The Morgan fingerprint density at radius 1 is 1.09 bits per heavy atom. The van der Waals surface area contributed by atoms with Gasteiger partial charge in [0.05, 0.1) is 11.3 Å². The molecule has 0 aliphatic rings. The fraction of sp³-hybridized carbons (Fsp3) is 0.273. The van der Waals surface area contributed by atoms with Gasteiger partial charge in [0.15, 0.2) is 0 Å². The highest BCUT2D eigenvalue weighted by Gasteiger charge is 2.25. The Labute approximate surface area is 200 Å². The van der Waals surface area contributed by atoms with Crippen LogP contribution in [0.5, 0.6) is 0 Å². The molecule has 0 unspecified atom stereocenters. The van der Waals surface area contributed by atoms with E-state index in [0.29, 0.717) is 10.7 Å². The van der Waals surface area contributed by atoms with Gasteiger partial charge in [-0.05, 0) is 55.0 Å². The van der Waals surface area contributed by atoms with Crippen LogP contribution >= 0.6 is 11.6 Å². The van der Waals surface area contributed by atoms with Gasteiger partial charge in [0, 0.05) is 11.4 Å². The van der Waals surface area contributed by atoms with E-state index in [1.54, 1.807) is 32.9 Å². The first kappa shape index (κ1) is 24.6. The lowest BCUT2D eigenvalue weighted by molar-refractivity contribution is -0.124. The van der Waals surface area contributed by atoms with Crippen molar-refractivity contribution in [3.8, 4) is 5.69 Å². The topological polar surface area (TPSA) is 140 Å². The summed E-state index contributed by atoms with van der Waals surface area (Å²) >= 11 is 6.05. The summed E-state index contributed by atoms with van der Waals surface area (Å²) in [5, 5.41) is 13.7. The molecule has 12 heteroatoms. The second-order valence-electron chi connectivity index (χ2n) is 8.25. The summed E-state index contributed by atoms with van der Waals surface area (Å²) in [4.78, 5) is 38.0. The molecule has 0 aliphatic carbocycles. The molecular formula is C22H24ClN7O4. The molecule has 0 aliphatic heterocycles. The van der Waals surface area contributed by atoms with Gasteiger partial charge in [0.25, 0.3) is 11.8 Å². The third kappa shape index (κ3) is 7.01. The molecule has 0 spiro atoms. The normalized spacial score (nSPS) is 11.9. The molecule has 3 rings (SSSR count). The standard InChI is InChI=1S/C22H24ClN7O4/c1-22(2,3)34-21(33)25-17(11-14-7-5-4-6-8-14)20(32)27-26-19(31)16-12-15(23)9-10-18(16)30-13-24-28-29-30/h4-10,12-13,17H,11H2,1-3H3,(H,25,33)(H,26,31)(H,27,32)/t17-/m0/s1. The lowest BCUT2D eigenvalue weighted by Crippen LogP contribution is -2.53. The predicted octanol–water partition coefficient (Wildman–Crippen LogP) is 2.21. The summed E-state index contributed by atoms with van der Waals surface area (Å²) in [7, 11) is 0. The van der Waals surface area contributed by atoms with Crippen LogP contribution in [-0.2, 0) is 16.0 Å². The van der Waals surface area contributed by atoms with E-state index >= 15 is 0 Å². The van der Waals surface area contributed by atoms with Gasteiger partial charge in [-0.3, -0.25) is 20.4 Å². The zero-order chi connectivity index (χ0) is 24.7. The molecule has 1 aromatic heterocycles. The maximum atomic E-state index is 12.9. The SMILES string of the molecule is CC(C)(C)OC(=O)N[C@@H](Cc1ccccc1)C(=O)NNC(=O)c1cc(Cl)ccc1-n1cnnn1. The number of hydrogen-bond acceptors (Lipinski definition) is 7. The number of amides is 3. The highest BCUT2D eigenvalue weighted by molar-refractivity contribution is 6.31. The first-order chi connectivity index (χ1) is 16.1. The van der Waals surface area contributed by atoms with Crippen molar-refractivity contribution < 1.29 is 19.1 Å². The molecular weight excluding hydrogens is 462 g/mol. The van der Waals surface area contributed by atoms with E-state index in [1.165, 1.54) is 17.1 Å². The van der Waals surface area contributed by atoms with E-state index in [0.717, 1.165) is 5.56 Å². The van der Waals surface area contributed by atoms with Crippen LogP contribution in [0.3, 0.4) is 0 Å². The number of ether oxygens (including phenoxy) is 1. The number of hydrazine groups is 1. The molecule has 1 heterocycles. The molecule has 178 valence electrons. The van der Waals surface area contributed by atoms with Crippen LogP contribution in [-0.4, -0.2) is 49.8 Å². The Morgan fingerprint density at radius 2 is 1.82 bits per heavy atom. The second-order valence-corrected chi connectivity index (χ2v) is 8.68. The Balaban J connectivity index is 1.73. The number of benzene rings is 2. The van der Waals surface area contributed by atoms with E-state index in [2.05, 4.69) is 31.7 Å². The first-order valence-corrected chi connectivity index (χ1v) is 10.7.